The number of fused-ring (bicyclic) bond motifs is 2. The van der Waals surface area contributed by atoms with Crippen LogP contribution < -0.4 is 24.4 Å². The second kappa shape index (κ2) is 7.40. The minimum absolute atomic E-state index is 0.0790. The molecule has 7 nitrogen and oxygen atoms in total. The molecule has 140 valence electrons. The van der Waals surface area contributed by atoms with E-state index in [1.165, 1.54) is 16.7 Å². The Labute approximate surface area is 160 Å². The molecule has 2 aliphatic rings. The predicted molar refractivity (Wildman–Crippen MR) is 102 cm³/mol. The van der Waals surface area contributed by atoms with Crippen LogP contribution in [0.15, 0.2) is 41.3 Å². The van der Waals surface area contributed by atoms with E-state index in [4.69, 9.17) is 14.2 Å². The van der Waals surface area contributed by atoms with Crippen LogP contribution >= 0.6 is 11.8 Å². The molecule has 27 heavy (non-hydrogen) atoms. The van der Waals surface area contributed by atoms with Gasteiger partial charge in [-0.1, -0.05) is 12.1 Å². The van der Waals surface area contributed by atoms with Gasteiger partial charge in [0, 0.05) is 11.0 Å². The van der Waals surface area contributed by atoms with E-state index in [2.05, 4.69) is 5.32 Å². The quantitative estimate of drug-likeness (QED) is 0.814. The van der Waals surface area contributed by atoms with Crippen molar-refractivity contribution in [2.75, 3.05) is 42.8 Å². The number of rotatable bonds is 4. The van der Waals surface area contributed by atoms with Gasteiger partial charge < -0.3 is 19.5 Å². The lowest BCUT2D eigenvalue weighted by Gasteiger charge is -2.29. The summed E-state index contributed by atoms with van der Waals surface area (Å²) in [5.74, 6) is 1.31. The zero-order chi connectivity index (χ0) is 18.8. The first kappa shape index (κ1) is 17.5. The third-order valence-electron chi connectivity index (χ3n) is 4.25. The van der Waals surface area contributed by atoms with Gasteiger partial charge in [-0.3, -0.25) is 14.5 Å². The Kier molecular flexibility index (Phi) is 4.81. The monoisotopic (exact) mass is 386 g/mol. The van der Waals surface area contributed by atoms with E-state index < -0.39 is 0 Å². The maximum atomic E-state index is 12.6. The van der Waals surface area contributed by atoms with E-state index in [9.17, 15) is 9.59 Å². The van der Waals surface area contributed by atoms with Crippen molar-refractivity contribution >= 4 is 35.0 Å². The van der Waals surface area contributed by atoms with Crippen LogP contribution in [0.1, 0.15) is 0 Å². The summed E-state index contributed by atoms with van der Waals surface area (Å²) < 4.78 is 16.6. The van der Waals surface area contributed by atoms with Crippen LogP contribution in [0.3, 0.4) is 0 Å². The summed E-state index contributed by atoms with van der Waals surface area (Å²) in [6.07, 6.45) is 1.92. The molecular formula is C19H18N2O5S. The first-order valence-corrected chi connectivity index (χ1v) is 9.68. The van der Waals surface area contributed by atoms with Crippen LogP contribution in [-0.4, -0.2) is 44.4 Å². The number of nitrogens with one attached hydrogen (secondary N) is 1. The highest BCUT2D eigenvalue weighted by atomic mass is 32.2. The molecule has 2 aromatic rings. The van der Waals surface area contributed by atoms with Crippen LogP contribution in [0.5, 0.6) is 17.2 Å². The fraction of sp³-hybridized carbons (Fsp3) is 0.263. The third kappa shape index (κ3) is 3.52. The number of anilines is 2. The molecule has 0 radical (unpaired) electrons. The number of amides is 2. The smallest absolute Gasteiger partial charge is 0.265 e. The van der Waals surface area contributed by atoms with Gasteiger partial charge in [-0.05, 0) is 24.5 Å². The van der Waals surface area contributed by atoms with E-state index in [-0.39, 0.29) is 25.0 Å². The molecule has 0 aliphatic carbocycles. The molecule has 0 atom stereocenters. The van der Waals surface area contributed by atoms with Gasteiger partial charge >= 0.3 is 0 Å². The lowest BCUT2D eigenvalue weighted by atomic mass is 10.2. The molecule has 2 heterocycles. The third-order valence-corrected chi connectivity index (χ3v) is 5.03. The minimum atomic E-state index is -0.299. The Balaban J connectivity index is 1.54. The van der Waals surface area contributed by atoms with Crippen LogP contribution in [0.2, 0.25) is 0 Å². The number of nitrogens with zero attached hydrogens (tertiary/aromatic N) is 1. The van der Waals surface area contributed by atoms with Gasteiger partial charge in [0.05, 0.1) is 11.4 Å². The zero-order valence-corrected chi connectivity index (χ0v) is 15.5. The Morgan fingerprint density at radius 3 is 2.63 bits per heavy atom. The van der Waals surface area contributed by atoms with E-state index in [0.717, 1.165) is 4.90 Å². The van der Waals surface area contributed by atoms with Gasteiger partial charge in [0.1, 0.15) is 25.5 Å². The molecule has 0 unspecified atom stereocenters. The van der Waals surface area contributed by atoms with Crippen molar-refractivity contribution in [1.29, 1.82) is 0 Å². The Morgan fingerprint density at radius 2 is 1.85 bits per heavy atom. The van der Waals surface area contributed by atoms with Gasteiger partial charge in [-0.25, -0.2) is 0 Å². The molecule has 2 aliphatic heterocycles. The SMILES string of the molecule is CSc1cc2c(cc1NC(=O)CN1C(=O)COc3ccccc31)OCCO2. The molecular weight excluding hydrogens is 368 g/mol. The van der Waals surface area contributed by atoms with E-state index in [1.54, 1.807) is 24.3 Å². The lowest BCUT2D eigenvalue weighted by Crippen LogP contribution is -2.43. The molecule has 0 spiro atoms. The summed E-state index contributed by atoms with van der Waals surface area (Å²) in [4.78, 5) is 27.2. The van der Waals surface area contributed by atoms with Crippen molar-refractivity contribution in [1.82, 2.24) is 0 Å². The van der Waals surface area contributed by atoms with Crippen LogP contribution in [0, 0.1) is 0 Å². The topological polar surface area (TPSA) is 77.1 Å². The standard InChI is InChI=1S/C19H18N2O5S/c1-27-17-9-16-15(24-6-7-25-16)8-12(17)20-18(22)10-21-13-4-2-3-5-14(13)26-11-19(21)23/h2-5,8-9H,6-7,10-11H2,1H3,(H,20,22). The fourth-order valence-electron chi connectivity index (χ4n) is 3.00. The Bertz CT molecular complexity index is 902. The maximum Gasteiger partial charge on any atom is 0.265 e. The summed E-state index contributed by atoms with van der Waals surface area (Å²) in [5.41, 5.74) is 1.22. The van der Waals surface area contributed by atoms with Gasteiger partial charge in [-0.15, -0.1) is 11.8 Å². The van der Waals surface area contributed by atoms with Crippen LogP contribution in [-0.2, 0) is 9.59 Å². The molecule has 0 fully saturated rings. The molecule has 2 aromatic carbocycles. The second-order valence-corrected chi connectivity index (χ2v) is 6.83. The maximum absolute atomic E-state index is 12.6. The first-order chi connectivity index (χ1) is 13.2. The number of carbonyl (C=O) groups excluding carboxylic acids is 2. The highest BCUT2D eigenvalue weighted by molar-refractivity contribution is 7.98. The second-order valence-electron chi connectivity index (χ2n) is 5.98. The summed E-state index contributed by atoms with van der Waals surface area (Å²) in [7, 11) is 0. The van der Waals surface area contributed by atoms with Gasteiger partial charge in [0.15, 0.2) is 18.1 Å². The summed E-state index contributed by atoms with van der Waals surface area (Å²) in [6, 6.07) is 10.8. The number of thioether (sulfide) groups is 1. The van der Waals surface area contributed by atoms with Crippen molar-refractivity contribution in [2.45, 2.75) is 4.90 Å². The van der Waals surface area contributed by atoms with Crippen molar-refractivity contribution < 1.29 is 23.8 Å². The van der Waals surface area contributed by atoms with E-state index >= 15 is 0 Å². The molecule has 0 bridgehead atoms. The van der Waals surface area contributed by atoms with Crippen LogP contribution in [0.4, 0.5) is 11.4 Å². The van der Waals surface area contributed by atoms with E-state index in [0.29, 0.717) is 41.8 Å². The lowest BCUT2D eigenvalue weighted by molar-refractivity contribution is -0.123. The van der Waals surface area contributed by atoms with Gasteiger partial charge in [-0.2, -0.15) is 0 Å². The number of carbonyl (C=O) groups is 2. The van der Waals surface area contributed by atoms with Crippen molar-refractivity contribution in [3.8, 4) is 17.2 Å². The largest absolute Gasteiger partial charge is 0.486 e. The average Bonchev–Trinajstić information content (AvgIpc) is 2.69. The minimum Gasteiger partial charge on any atom is -0.486 e. The molecule has 0 saturated carbocycles. The highest BCUT2D eigenvalue weighted by Gasteiger charge is 2.27. The van der Waals surface area contributed by atoms with Gasteiger partial charge in [0.2, 0.25) is 5.91 Å². The average molecular weight is 386 g/mol. The Hall–Kier alpha value is -2.87. The molecule has 0 aromatic heterocycles. The number of para-hydroxylation sites is 2. The van der Waals surface area contributed by atoms with Crippen molar-refractivity contribution in [2.24, 2.45) is 0 Å². The molecule has 8 heteroatoms. The fourth-order valence-corrected chi connectivity index (χ4v) is 3.55. The number of benzene rings is 2. The molecule has 1 N–H and O–H groups in total. The number of hydrogen-bond donors (Lipinski definition) is 1. The van der Waals surface area contributed by atoms with Crippen LogP contribution in [0.25, 0.3) is 0 Å². The number of ether oxygens (including phenoxy) is 3. The highest BCUT2D eigenvalue weighted by Crippen LogP contribution is 2.39. The predicted octanol–water partition coefficient (Wildman–Crippen LogP) is 2.54. The summed E-state index contributed by atoms with van der Waals surface area (Å²) >= 11 is 1.49. The molecule has 4 rings (SSSR count). The molecule has 0 saturated heterocycles. The normalized spacial score (nSPS) is 15.0. The summed E-state index contributed by atoms with van der Waals surface area (Å²) in [5, 5.41) is 2.88. The summed E-state index contributed by atoms with van der Waals surface area (Å²) in [6.45, 7) is 0.801. The van der Waals surface area contributed by atoms with Crippen molar-refractivity contribution in [3.05, 3.63) is 36.4 Å². The van der Waals surface area contributed by atoms with Crippen molar-refractivity contribution in [3.63, 3.8) is 0 Å². The zero-order valence-electron chi connectivity index (χ0n) is 14.7. The Morgan fingerprint density at radius 1 is 1.11 bits per heavy atom. The van der Waals surface area contributed by atoms with Gasteiger partial charge in [0.25, 0.3) is 5.91 Å². The molecule has 2 amide bonds. The first-order valence-electron chi connectivity index (χ1n) is 8.45. The van der Waals surface area contributed by atoms with E-state index in [1.807, 2.05) is 18.4 Å². The number of hydrogen-bond acceptors (Lipinski definition) is 6.